The molecule has 1 aromatic carbocycles. The fourth-order valence-electron chi connectivity index (χ4n) is 3.87. The van der Waals surface area contributed by atoms with Crippen molar-refractivity contribution in [2.45, 2.75) is 32.1 Å². The summed E-state index contributed by atoms with van der Waals surface area (Å²) in [4.78, 5) is 4.23. The molecule has 0 saturated carbocycles. The second-order valence-electron chi connectivity index (χ2n) is 8.00. The molecule has 0 bridgehead atoms. The molecular weight excluding hydrogens is 445 g/mol. The monoisotopic (exact) mass is 466 g/mol. The standard InChI is InChI=1S/C23H21F3N8/c24-23(25,26)15-33-13-19(11-29-33)20-9-17(14-34-21(20)30-22(27)31-34)18-10-28-32(12-18)8-4-7-16-5-2-1-3-6-16/h1-3,5-6,9-14H,4,7-8,15H2,(H2,27,31). The van der Waals surface area contributed by atoms with Crippen LogP contribution in [0.4, 0.5) is 19.1 Å². The van der Waals surface area contributed by atoms with Gasteiger partial charge in [-0.05, 0) is 24.5 Å². The molecule has 0 atom stereocenters. The van der Waals surface area contributed by atoms with Gasteiger partial charge in [-0.2, -0.15) is 28.4 Å². The highest BCUT2D eigenvalue weighted by Crippen LogP contribution is 2.30. The van der Waals surface area contributed by atoms with Crippen LogP contribution in [0.2, 0.25) is 0 Å². The minimum Gasteiger partial charge on any atom is -0.366 e. The Labute approximate surface area is 192 Å². The van der Waals surface area contributed by atoms with Crippen molar-refractivity contribution in [2.24, 2.45) is 0 Å². The number of hydrogen-bond donors (Lipinski definition) is 1. The van der Waals surface area contributed by atoms with Gasteiger partial charge in [0.2, 0.25) is 5.95 Å². The fourth-order valence-corrected chi connectivity index (χ4v) is 3.87. The second kappa shape index (κ2) is 8.65. The molecule has 0 radical (unpaired) electrons. The van der Waals surface area contributed by atoms with Crippen LogP contribution in [0.5, 0.6) is 0 Å². The summed E-state index contributed by atoms with van der Waals surface area (Å²) in [6.07, 6.45) is 5.69. The third kappa shape index (κ3) is 4.77. The van der Waals surface area contributed by atoms with Crippen molar-refractivity contribution in [3.8, 4) is 22.3 Å². The van der Waals surface area contributed by atoms with E-state index in [0.29, 0.717) is 16.8 Å². The largest absolute Gasteiger partial charge is 0.408 e. The van der Waals surface area contributed by atoms with Crippen LogP contribution in [-0.4, -0.2) is 40.3 Å². The van der Waals surface area contributed by atoms with E-state index in [0.717, 1.165) is 35.2 Å². The van der Waals surface area contributed by atoms with Crippen LogP contribution in [-0.2, 0) is 19.5 Å². The van der Waals surface area contributed by atoms with Crippen LogP contribution < -0.4 is 5.73 Å². The summed E-state index contributed by atoms with van der Waals surface area (Å²) in [6.45, 7) is -0.419. The van der Waals surface area contributed by atoms with Crippen LogP contribution in [0.15, 0.2) is 67.4 Å². The number of nitrogen functional groups attached to an aromatic ring is 1. The van der Waals surface area contributed by atoms with Crippen LogP contribution >= 0.6 is 0 Å². The number of benzene rings is 1. The Morgan fingerprint density at radius 1 is 0.882 bits per heavy atom. The highest BCUT2D eigenvalue weighted by atomic mass is 19.4. The predicted molar refractivity (Wildman–Crippen MR) is 121 cm³/mol. The Kier molecular flexibility index (Phi) is 5.52. The molecule has 11 heteroatoms. The summed E-state index contributed by atoms with van der Waals surface area (Å²) in [5.41, 5.74) is 10.2. The van der Waals surface area contributed by atoms with Gasteiger partial charge in [0.05, 0.1) is 12.4 Å². The minimum absolute atomic E-state index is 0.0673. The van der Waals surface area contributed by atoms with Crippen molar-refractivity contribution in [2.75, 3.05) is 5.73 Å². The first-order valence-electron chi connectivity index (χ1n) is 10.7. The lowest BCUT2D eigenvalue weighted by atomic mass is 10.1. The predicted octanol–water partition coefficient (Wildman–Crippen LogP) is 4.23. The van der Waals surface area contributed by atoms with Crippen molar-refractivity contribution in [1.29, 1.82) is 0 Å². The van der Waals surface area contributed by atoms with E-state index in [1.54, 1.807) is 12.4 Å². The maximum absolute atomic E-state index is 12.8. The Morgan fingerprint density at radius 2 is 1.62 bits per heavy atom. The van der Waals surface area contributed by atoms with Gasteiger partial charge >= 0.3 is 6.18 Å². The summed E-state index contributed by atoms with van der Waals surface area (Å²) in [5.74, 6) is 0.0673. The quantitative estimate of drug-likeness (QED) is 0.388. The maximum atomic E-state index is 12.8. The molecule has 5 rings (SSSR count). The van der Waals surface area contributed by atoms with Gasteiger partial charge in [0, 0.05) is 47.4 Å². The highest BCUT2D eigenvalue weighted by Gasteiger charge is 2.28. The SMILES string of the molecule is Nc1nc2c(-c3cnn(CC(F)(F)F)c3)cc(-c3cnn(CCCc4ccccc4)c3)cn2n1. The summed E-state index contributed by atoms with van der Waals surface area (Å²) < 4.78 is 42.6. The number of alkyl halides is 3. The third-order valence-corrected chi connectivity index (χ3v) is 5.40. The molecule has 34 heavy (non-hydrogen) atoms. The van der Waals surface area contributed by atoms with E-state index in [1.165, 1.54) is 22.5 Å². The molecule has 4 aromatic heterocycles. The van der Waals surface area contributed by atoms with E-state index in [4.69, 9.17) is 5.73 Å². The van der Waals surface area contributed by atoms with Crippen LogP contribution in [0.3, 0.4) is 0 Å². The van der Waals surface area contributed by atoms with Gasteiger partial charge in [-0.3, -0.25) is 9.36 Å². The number of nitrogens with zero attached hydrogens (tertiary/aromatic N) is 7. The maximum Gasteiger partial charge on any atom is 0.408 e. The summed E-state index contributed by atoms with van der Waals surface area (Å²) in [5, 5.41) is 12.5. The van der Waals surface area contributed by atoms with Gasteiger partial charge in [-0.15, -0.1) is 5.10 Å². The van der Waals surface area contributed by atoms with E-state index >= 15 is 0 Å². The van der Waals surface area contributed by atoms with Crippen molar-refractivity contribution in [3.05, 3.63) is 72.9 Å². The smallest absolute Gasteiger partial charge is 0.366 e. The van der Waals surface area contributed by atoms with Gasteiger partial charge in [0.25, 0.3) is 0 Å². The lowest BCUT2D eigenvalue weighted by Gasteiger charge is -2.06. The number of nitrogens with two attached hydrogens (primary N) is 1. The molecule has 0 aliphatic carbocycles. The molecule has 2 N–H and O–H groups in total. The number of fused-ring (bicyclic) bond motifs is 1. The Morgan fingerprint density at radius 3 is 2.41 bits per heavy atom. The first-order valence-corrected chi connectivity index (χ1v) is 10.7. The topological polar surface area (TPSA) is 91.9 Å². The molecular formula is C23H21F3N8. The Hall–Kier alpha value is -4.15. The zero-order valence-electron chi connectivity index (χ0n) is 18.0. The van der Waals surface area contributed by atoms with E-state index < -0.39 is 12.7 Å². The highest BCUT2D eigenvalue weighted by molar-refractivity contribution is 5.81. The van der Waals surface area contributed by atoms with E-state index in [-0.39, 0.29) is 5.95 Å². The average Bonchev–Trinajstić information content (AvgIpc) is 3.52. The molecule has 8 nitrogen and oxygen atoms in total. The van der Waals surface area contributed by atoms with E-state index in [2.05, 4.69) is 32.4 Å². The average molecular weight is 466 g/mol. The normalized spacial score (nSPS) is 12.0. The van der Waals surface area contributed by atoms with Crippen LogP contribution in [0, 0.1) is 0 Å². The molecule has 174 valence electrons. The molecule has 0 amide bonds. The molecule has 0 fully saturated rings. The van der Waals surface area contributed by atoms with Crippen molar-refractivity contribution in [3.63, 3.8) is 0 Å². The van der Waals surface area contributed by atoms with Gasteiger partial charge in [-0.1, -0.05) is 30.3 Å². The van der Waals surface area contributed by atoms with Crippen LogP contribution in [0.25, 0.3) is 27.9 Å². The number of anilines is 1. The molecule has 0 aliphatic rings. The molecule has 0 aliphatic heterocycles. The number of pyridine rings is 1. The summed E-state index contributed by atoms with van der Waals surface area (Å²) >= 11 is 0. The lowest BCUT2D eigenvalue weighted by Crippen LogP contribution is -2.17. The molecule has 4 heterocycles. The van der Waals surface area contributed by atoms with Crippen molar-refractivity contribution >= 4 is 11.6 Å². The van der Waals surface area contributed by atoms with Crippen LogP contribution in [0.1, 0.15) is 12.0 Å². The minimum atomic E-state index is -4.37. The number of aromatic nitrogens is 7. The van der Waals surface area contributed by atoms with E-state index in [1.807, 2.05) is 35.1 Å². The molecule has 0 spiro atoms. The zero-order valence-corrected chi connectivity index (χ0v) is 18.0. The van der Waals surface area contributed by atoms with Gasteiger partial charge in [-0.25, -0.2) is 4.52 Å². The second-order valence-corrected chi connectivity index (χ2v) is 8.00. The summed E-state index contributed by atoms with van der Waals surface area (Å²) in [7, 11) is 0. The van der Waals surface area contributed by atoms with Gasteiger partial charge < -0.3 is 5.73 Å². The van der Waals surface area contributed by atoms with Gasteiger partial charge in [0.1, 0.15) is 6.54 Å². The number of hydrogen-bond acceptors (Lipinski definition) is 5. The van der Waals surface area contributed by atoms with E-state index in [9.17, 15) is 13.2 Å². The van der Waals surface area contributed by atoms with Crippen molar-refractivity contribution < 1.29 is 13.2 Å². The summed E-state index contributed by atoms with van der Waals surface area (Å²) in [6, 6.07) is 12.1. The Balaban J connectivity index is 1.41. The zero-order chi connectivity index (χ0) is 23.7. The van der Waals surface area contributed by atoms with Gasteiger partial charge in [0.15, 0.2) is 5.65 Å². The third-order valence-electron chi connectivity index (χ3n) is 5.40. The number of aryl methyl sites for hydroxylation is 2. The number of halogens is 3. The first-order chi connectivity index (χ1) is 16.3. The Bertz CT molecular complexity index is 1420. The molecule has 0 unspecified atom stereocenters. The first kappa shape index (κ1) is 21.7. The van der Waals surface area contributed by atoms with Crippen molar-refractivity contribution in [1.82, 2.24) is 34.2 Å². The molecule has 5 aromatic rings. The number of rotatable bonds is 7. The molecule has 0 saturated heterocycles. The lowest BCUT2D eigenvalue weighted by molar-refractivity contribution is -0.142. The fraction of sp³-hybridized carbons (Fsp3) is 0.217.